The van der Waals surface area contributed by atoms with Crippen LogP contribution >= 0.6 is 0 Å². The Morgan fingerprint density at radius 1 is 1.26 bits per heavy atom. The van der Waals surface area contributed by atoms with Crippen molar-refractivity contribution >= 4 is 24.1 Å². The number of benzene rings is 1. The Kier molecular flexibility index (Phi) is 4.78. The molecule has 0 aromatic heterocycles. The van der Waals surface area contributed by atoms with Crippen molar-refractivity contribution in [3.8, 4) is 0 Å². The Labute approximate surface area is 132 Å². The van der Waals surface area contributed by atoms with Crippen LogP contribution in [0.15, 0.2) is 35.3 Å². The van der Waals surface area contributed by atoms with Gasteiger partial charge >= 0.3 is 17.9 Å². The second-order valence-electron chi connectivity index (χ2n) is 5.56. The number of carboxylic acids is 1. The molecule has 1 aromatic rings. The van der Waals surface area contributed by atoms with Gasteiger partial charge in [-0.1, -0.05) is 30.3 Å². The van der Waals surface area contributed by atoms with Crippen molar-refractivity contribution in [3.05, 3.63) is 35.9 Å². The quantitative estimate of drug-likeness (QED) is 0.497. The van der Waals surface area contributed by atoms with Gasteiger partial charge < -0.3 is 14.6 Å². The Bertz CT molecular complexity index is 617. The van der Waals surface area contributed by atoms with Crippen LogP contribution in [0.4, 0.5) is 0 Å². The first-order chi connectivity index (χ1) is 10.8. The summed E-state index contributed by atoms with van der Waals surface area (Å²) in [4.78, 5) is 38.8. The minimum Gasteiger partial charge on any atom is -0.480 e. The normalized spacial score (nSPS) is 19.2. The van der Waals surface area contributed by atoms with Crippen LogP contribution < -0.4 is 0 Å². The molecule has 1 heterocycles. The fraction of sp³-hybridized carbons (Fsp3) is 0.375. The fourth-order valence-electron chi connectivity index (χ4n) is 2.08. The fourth-order valence-corrected chi connectivity index (χ4v) is 2.08. The zero-order valence-corrected chi connectivity index (χ0v) is 12.8. The summed E-state index contributed by atoms with van der Waals surface area (Å²) in [5.41, 5.74) is 0.784. The number of ether oxygens (including phenoxy) is 2. The molecule has 0 aliphatic carbocycles. The number of esters is 2. The maximum absolute atomic E-state index is 11.8. The number of carbonyl (C=O) groups is 3. The summed E-state index contributed by atoms with van der Waals surface area (Å²) < 4.78 is 9.89. The zero-order valence-electron chi connectivity index (χ0n) is 12.8. The molecule has 0 spiro atoms. The number of rotatable bonds is 5. The smallest absolute Gasteiger partial charge is 0.329 e. The van der Waals surface area contributed by atoms with Crippen molar-refractivity contribution in [2.75, 3.05) is 0 Å². The van der Waals surface area contributed by atoms with Gasteiger partial charge in [-0.2, -0.15) is 0 Å². The lowest BCUT2D eigenvalue weighted by atomic mass is 10.1. The maximum atomic E-state index is 11.8. The molecular formula is C16H17NO6. The molecule has 7 nitrogen and oxygen atoms in total. The Morgan fingerprint density at radius 2 is 1.83 bits per heavy atom. The topological polar surface area (TPSA) is 102 Å². The number of carbonyl (C=O) groups excluding carboxylic acids is 2. The monoisotopic (exact) mass is 319 g/mol. The molecule has 0 unspecified atom stereocenters. The van der Waals surface area contributed by atoms with Gasteiger partial charge in [0.1, 0.15) is 0 Å². The van der Waals surface area contributed by atoms with Crippen molar-refractivity contribution in [2.24, 2.45) is 10.9 Å². The van der Waals surface area contributed by atoms with E-state index >= 15 is 0 Å². The van der Waals surface area contributed by atoms with Crippen LogP contribution in [-0.4, -0.2) is 41.1 Å². The first kappa shape index (κ1) is 16.7. The molecule has 1 saturated heterocycles. The van der Waals surface area contributed by atoms with Gasteiger partial charge in [0, 0.05) is 26.5 Å². The molecule has 0 amide bonds. The minimum absolute atomic E-state index is 0.148. The van der Waals surface area contributed by atoms with Crippen LogP contribution in [0.2, 0.25) is 0 Å². The van der Waals surface area contributed by atoms with E-state index in [2.05, 4.69) is 4.99 Å². The highest BCUT2D eigenvalue weighted by molar-refractivity contribution is 6.10. The molecule has 1 aromatic carbocycles. The predicted molar refractivity (Wildman–Crippen MR) is 79.8 cm³/mol. The number of carboxylic acid groups (broad SMARTS) is 1. The van der Waals surface area contributed by atoms with Crippen molar-refractivity contribution in [1.82, 2.24) is 0 Å². The highest BCUT2D eigenvalue weighted by Crippen LogP contribution is 2.22. The van der Waals surface area contributed by atoms with Crippen LogP contribution in [-0.2, 0) is 30.3 Å². The van der Waals surface area contributed by atoms with E-state index in [1.807, 2.05) is 6.07 Å². The third-order valence-corrected chi connectivity index (χ3v) is 3.17. The second kappa shape index (κ2) is 6.60. The SMILES string of the molecule is CC1(C)OC(=O)C(C=N[C@H](Cc2ccccc2)C(=O)O)C(=O)O1. The van der Waals surface area contributed by atoms with Crippen LogP contribution in [0.3, 0.4) is 0 Å². The molecule has 122 valence electrons. The lowest BCUT2D eigenvalue weighted by Gasteiger charge is -2.31. The summed E-state index contributed by atoms with van der Waals surface area (Å²) in [5, 5.41) is 9.23. The van der Waals surface area contributed by atoms with E-state index in [4.69, 9.17) is 9.47 Å². The first-order valence-corrected chi connectivity index (χ1v) is 7.04. The molecule has 1 aliphatic heterocycles. The maximum Gasteiger partial charge on any atom is 0.329 e. The van der Waals surface area contributed by atoms with Gasteiger partial charge in [-0.3, -0.25) is 14.6 Å². The van der Waals surface area contributed by atoms with E-state index in [0.717, 1.165) is 11.8 Å². The van der Waals surface area contributed by atoms with Crippen molar-refractivity contribution in [3.63, 3.8) is 0 Å². The van der Waals surface area contributed by atoms with Gasteiger partial charge in [-0.05, 0) is 5.56 Å². The van der Waals surface area contributed by atoms with E-state index in [1.165, 1.54) is 13.8 Å². The lowest BCUT2D eigenvalue weighted by molar-refractivity contribution is -0.235. The van der Waals surface area contributed by atoms with Crippen LogP contribution in [0.1, 0.15) is 19.4 Å². The van der Waals surface area contributed by atoms with E-state index in [9.17, 15) is 19.5 Å². The van der Waals surface area contributed by atoms with Crippen LogP contribution in [0.25, 0.3) is 0 Å². The molecule has 1 atom stereocenters. The first-order valence-electron chi connectivity index (χ1n) is 7.04. The summed E-state index contributed by atoms with van der Waals surface area (Å²) in [5.74, 6) is -5.43. The third-order valence-electron chi connectivity index (χ3n) is 3.17. The third kappa shape index (κ3) is 4.38. The van der Waals surface area contributed by atoms with Crippen molar-refractivity contribution in [2.45, 2.75) is 32.1 Å². The molecule has 1 N–H and O–H groups in total. The summed E-state index contributed by atoms with van der Waals surface area (Å²) >= 11 is 0. The minimum atomic E-state index is -1.35. The van der Waals surface area contributed by atoms with Gasteiger partial charge in [0.05, 0.1) is 0 Å². The molecule has 0 saturated carbocycles. The average molecular weight is 319 g/mol. The van der Waals surface area contributed by atoms with E-state index in [0.29, 0.717) is 0 Å². The lowest BCUT2D eigenvalue weighted by Crippen LogP contribution is -2.47. The summed E-state index contributed by atoms with van der Waals surface area (Å²) in [6.07, 6.45) is 1.14. The van der Waals surface area contributed by atoms with Gasteiger partial charge in [-0.25, -0.2) is 4.79 Å². The van der Waals surface area contributed by atoms with E-state index in [1.54, 1.807) is 24.3 Å². The van der Waals surface area contributed by atoms with Crippen LogP contribution in [0, 0.1) is 5.92 Å². The number of aliphatic carboxylic acids is 1. The number of hydrogen-bond donors (Lipinski definition) is 1. The molecule has 7 heteroatoms. The summed E-state index contributed by atoms with van der Waals surface area (Å²) in [7, 11) is 0. The van der Waals surface area contributed by atoms with Gasteiger partial charge in [0.2, 0.25) is 0 Å². The predicted octanol–water partition coefficient (Wildman–Crippen LogP) is 1.21. The van der Waals surface area contributed by atoms with Gasteiger partial charge in [-0.15, -0.1) is 0 Å². The van der Waals surface area contributed by atoms with E-state index in [-0.39, 0.29) is 6.42 Å². The Hall–Kier alpha value is -2.70. The zero-order chi connectivity index (χ0) is 17.0. The number of hydrogen-bond acceptors (Lipinski definition) is 6. The molecule has 1 fully saturated rings. The Balaban J connectivity index is 2.10. The number of aliphatic imine (C=N–C) groups is 1. The van der Waals surface area contributed by atoms with Crippen LogP contribution in [0.5, 0.6) is 0 Å². The number of nitrogens with zero attached hydrogens (tertiary/aromatic N) is 1. The Morgan fingerprint density at radius 3 is 2.35 bits per heavy atom. The molecule has 2 rings (SSSR count). The highest BCUT2D eigenvalue weighted by atomic mass is 16.7. The second-order valence-corrected chi connectivity index (χ2v) is 5.56. The summed E-state index contributed by atoms with van der Waals surface area (Å²) in [6.45, 7) is 2.87. The van der Waals surface area contributed by atoms with Crippen molar-refractivity contribution in [1.29, 1.82) is 0 Å². The van der Waals surface area contributed by atoms with Crippen molar-refractivity contribution < 1.29 is 29.0 Å². The number of cyclic esters (lactones) is 2. The average Bonchev–Trinajstić information content (AvgIpc) is 2.44. The summed E-state index contributed by atoms with van der Waals surface area (Å²) in [6, 6.07) is 7.84. The molecular weight excluding hydrogens is 302 g/mol. The standard InChI is InChI=1S/C16H17NO6/c1-16(2)22-14(20)11(15(21)23-16)9-17-12(13(18)19)8-10-6-4-3-5-7-10/h3-7,9,11-12H,8H2,1-2H3,(H,18,19)/t12-/m1/s1. The molecule has 1 aliphatic rings. The molecule has 23 heavy (non-hydrogen) atoms. The highest BCUT2D eigenvalue weighted by Gasteiger charge is 2.42. The van der Waals surface area contributed by atoms with E-state index < -0.39 is 35.7 Å². The molecule has 0 radical (unpaired) electrons. The molecule has 0 bridgehead atoms. The van der Waals surface area contributed by atoms with Gasteiger partial charge in [0.15, 0.2) is 12.0 Å². The largest absolute Gasteiger partial charge is 0.480 e. The van der Waals surface area contributed by atoms with Gasteiger partial charge in [0.25, 0.3) is 5.79 Å².